The van der Waals surface area contributed by atoms with Crippen molar-refractivity contribution in [1.29, 1.82) is 0 Å². The summed E-state index contributed by atoms with van der Waals surface area (Å²) in [4.78, 5) is 0.233. The van der Waals surface area contributed by atoms with Crippen molar-refractivity contribution in [3.05, 3.63) is 65.7 Å². The number of hydrogen-bond donors (Lipinski definition) is 0. The maximum absolute atomic E-state index is 12.5. The molecule has 1 saturated carbocycles. The van der Waals surface area contributed by atoms with Gasteiger partial charge in [-0.05, 0) is 37.5 Å². The van der Waals surface area contributed by atoms with Crippen LogP contribution in [0, 0.1) is 6.92 Å². The lowest BCUT2D eigenvalue weighted by atomic mass is 9.96. The van der Waals surface area contributed by atoms with Crippen LogP contribution in [0.15, 0.2) is 59.5 Å². The zero-order valence-electron chi connectivity index (χ0n) is 12.6. The van der Waals surface area contributed by atoms with E-state index in [0.29, 0.717) is 0 Å². The molecule has 1 aliphatic rings. The van der Waals surface area contributed by atoms with Gasteiger partial charge in [0.1, 0.15) is 0 Å². The van der Waals surface area contributed by atoms with Crippen molar-refractivity contribution in [3.63, 3.8) is 0 Å². The van der Waals surface area contributed by atoms with Gasteiger partial charge in [-0.25, -0.2) is 0 Å². The van der Waals surface area contributed by atoms with E-state index in [-0.39, 0.29) is 16.9 Å². The Bertz CT molecular complexity index is 721. The molecule has 0 unspecified atom stereocenters. The molecule has 0 saturated heterocycles. The van der Waals surface area contributed by atoms with Crippen LogP contribution in [-0.4, -0.2) is 14.5 Å². The molecule has 0 bridgehead atoms. The molecule has 3 rings (SSSR count). The molecule has 0 amide bonds. The molecule has 3 nitrogen and oxygen atoms in total. The molecule has 0 radical (unpaired) electrons. The molecular formula is C18H20O3S. The SMILES string of the molecule is Cc1ccc(S(=O)(=O)O[C@@H]2CCC[C@H]2c2ccccc2)cc1. The predicted molar refractivity (Wildman–Crippen MR) is 86.3 cm³/mol. The minimum Gasteiger partial charge on any atom is -0.262 e. The van der Waals surface area contributed by atoms with Gasteiger partial charge < -0.3 is 0 Å². The average Bonchev–Trinajstić information content (AvgIpc) is 2.96. The van der Waals surface area contributed by atoms with E-state index in [0.717, 1.165) is 30.4 Å². The van der Waals surface area contributed by atoms with E-state index in [9.17, 15) is 8.42 Å². The maximum atomic E-state index is 12.5. The smallest absolute Gasteiger partial charge is 0.262 e. The normalized spacial score (nSPS) is 21.9. The van der Waals surface area contributed by atoms with Gasteiger partial charge >= 0.3 is 0 Å². The van der Waals surface area contributed by atoms with Gasteiger partial charge in [-0.1, -0.05) is 54.4 Å². The molecule has 1 fully saturated rings. The van der Waals surface area contributed by atoms with Gasteiger partial charge in [0.15, 0.2) is 0 Å². The van der Waals surface area contributed by atoms with Gasteiger partial charge in [-0.3, -0.25) is 4.18 Å². The molecule has 2 atom stereocenters. The van der Waals surface area contributed by atoms with Crippen molar-refractivity contribution in [2.45, 2.75) is 43.1 Å². The van der Waals surface area contributed by atoms with E-state index >= 15 is 0 Å². The van der Waals surface area contributed by atoms with Gasteiger partial charge in [0.05, 0.1) is 11.0 Å². The first-order valence-corrected chi connectivity index (χ1v) is 9.02. The highest BCUT2D eigenvalue weighted by atomic mass is 32.2. The second-order valence-electron chi connectivity index (χ2n) is 5.85. The third kappa shape index (κ3) is 3.23. The number of aryl methyl sites for hydroxylation is 1. The highest BCUT2D eigenvalue weighted by Crippen LogP contribution is 2.38. The lowest BCUT2D eigenvalue weighted by Gasteiger charge is -2.20. The summed E-state index contributed by atoms with van der Waals surface area (Å²) in [6.45, 7) is 1.93. The van der Waals surface area contributed by atoms with Gasteiger partial charge in [-0.15, -0.1) is 0 Å². The van der Waals surface area contributed by atoms with Crippen LogP contribution in [0.2, 0.25) is 0 Å². The van der Waals surface area contributed by atoms with Crippen LogP contribution in [0.3, 0.4) is 0 Å². The summed E-state index contributed by atoms with van der Waals surface area (Å²) in [7, 11) is -3.70. The van der Waals surface area contributed by atoms with E-state index in [4.69, 9.17) is 4.18 Å². The third-order valence-corrected chi connectivity index (χ3v) is 5.59. The maximum Gasteiger partial charge on any atom is 0.297 e. The fraction of sp³-hybridized carbons (Fsp3) is 0.333. The summed E-state index contributed by atoms with van der Waals surface area (Å²) in [6.07, 6.45) is 2.48. The molecule has 4 heteroatoms. The molecule has 116 valence electrons. The van der Waals surface area contributed by atoms with E-state index in [2.05, 4.69) is 0 Å². The van der Waals surface area contributed by atoms with Crippen molar-refractivity contribution in [1.82, 2.24) is 0 Å². The van der Waals surface area contributed by atoms with Crippen LogP contribution in [0.1, 0.15) is 36.3 Å². The summed E-state index contributed by atoms with van der Waals surface area (Å²) in [5.41, 5.74) is 2.19. The van der Waals surface area contributed by atoms with E-state index in [1.165, 1.54) is 0 Å². The van der Waals surface area contributed by atoms with Crippen molar-refractivity contribution < 1.29 is 12.6 Å². The predicted octanol–water partition coefficient (Wildman–Crippen LogP) is 4.04. The Labute approximate surface area is 132 Å². The van der Waals surface area contributed by atoms with Crippen molar-refractivity contribution in [3.8, 4) is 0 Å². The fourth-order valence-electron chi connectivity index (χ4n) is 3.05. The fourth-order valence-corrected chi connectivity index (χ4v) is 4.18. The summed E-state index contributed by atoms with van der Waals surface area (Å²) in [5.74, 6) is 0.154. The molecule has 0 heterocycles. The Kier molecular flexibility index (Phi) is 4.32. The van der Waals surface area contributed by atoms with Gasteiger partial charge in [0.2, 0.25) is 0 Å². The second kappa shape index (κ2) is 6.23. The number of rotatable bonds is 4. The molecule has 0 aromatic heterocycles. The van der Waals surface area contributed by atoms with Crippen LogP contribution < -0.4 is 0 Å². The van der Waals surface area contributed by atoms with Gasteiger partial charge in [0.25, 0.3) is 10.1 Å². The number of benzene rings is 2. The topological polar surface area (TPSA) is 43.4 Å². The zero-order chi connectivity index (χ0) is 15.6. The van der Waals surface area contributed by atoms with Crippen molar-refractivity contribution in [2.24, 2.45) is 0 Å². The minimum atomic E-state index is -3.70. The van der Waals surface area contributed by atoms with Crippen molar-refractivity contribution >= 4 is 10.1 Å². The first-order valence-electron chi connectivity index (χ1n) is 7.61. The molecule has 1 aliphatic carbocycles. The quantitative estimate of drug-likeness (QED) is 0.800. The Hall–Kier alpha value is -1.65. The van der Waals surface area contributed by atoms with Crippen LogP contribution in [0.4, 0.5) is 0 Å². The minimum absolute atomic E-state index is 0.154. The van der Waals surface area contributed by atoms with Crippen LogP contribution in [-0.2, 0) is 14.3 Å². The lowest BCUT2D eigenvalue weighted by Crippen LogP contribution is -2.21. The highest BCUT2D eigenvalue weighted by Gasteiger charge is 2.33. The Morgan fingerprint density at radius 3 is 2.32 bits per heavy atom. The summed E-state index contributed by atoms with van der Waals surface area (Å²) in [6, 6.07) is 16.8. The lowest BCUT2D eigenvalue weighted by molar-refractivity contribution is 0.198. The van der Waals surface area contributed by atoms with E-state index in [1.54, 1.807) is 24.3 Å². The molecule has 0 aliphatic heterocycles. The molecule has 2 aromatic carbocycles. The third-order valence-electron chi connectivity index (χ3n) is 4.24. The monoisotopic (exact) mass is 316 g/mol. The first-order chi connectivity index (χ1) is 10.6. The Morgan fingerprint density at radius 1 is 0.955 bits per heavy atom. The molecule has 0 N–H and O–H groups in total. The summed E-state index contributed by atoms with van der Waals surface area (Å²) in [5, 5.41) is 0. The zero-order valence-corrected chi connectivity index (χ0v) is 13.4. The van der Waals surface area contributed by atoms with E-state index in [1.807, 2.05) is 37.3 Å². The van der Waals surface area contributed by atoms with Crippen molar-refractivity contribution in [2.75, 3.05) is 0 Å². The highest BCUT2D eigenvalue weighted by molar-refractivity contribution is 7.86. The molecule has 22 heavy (non-hydrogen) atoms. The molecule has 2 aromatic rings. The standard InChI is InChI=1S/C18H20O3S/c1-14-10-12-16(13-11-14)22(19,20)21-18-9-5-8-17(18)15-6-3-2-4-7-15/h2-4,6-7,10-13,17-18H,5,8-9H2,1H3/t17-,18+/m0/s1. The van der Waals surface area contributed by atoms with Gasteiger partial charge in [-0.2, -0.15) is 8.42 Å². The first kappa shape index (κ1) is 15.3. The number of hydrogen-bond acceptors (Lipinski definition) is 3. The largest absolute Gasteiger partial charge is 0.297 e. The average molecular weight is 316 g/mol. The van der Waals surface area contributed by atoms with Gasteiger partial charge in [0, 0.05) is 5.92 Å². The molecular weight excluding hydrogens is 296 g/mol. The van der Waals surface area contributed by atoms with Crippen LogP contribution in [0.25, 0.3) is 0 Å². The second-order valence-corrected chi connectivity index (χ2v) is 7.42. The summed E-state index contributed by atoms with van der Waals surface area (Å²) < 4.78 is 30.5. The Balaban J connectivity index is 1.81. The van der Waals surface area contributed by atoms with E-state index < -0.39 is 10.1 Å². The summed E-state index contributed by atoms with van der Waals surface area (Å²) >= 11 is 0. The Morgan fingerprint density at radius 2 is 1.64 bits per heavy atom. The van der Waals surface area contributed by atoms with Crippen LogP contribution >= 0.6 is 0 Å². The van der Waals surface area contributed by atoms with Crippen LogP contribution in [0.5, 0.6) is 0 Å². The molecule has 0 spiro atoms.